The Bertz CT molecular complexity index is 600. The van der Waals surface area contributed by atoms with Gasteiger partial charge in [-0.05, 0) is 49.3 Å². The molecule has 3 fully saturated rings. The first-order valence-electron chi connectivity index (χ1n) is 9.56. The summed E-state index contributed by atoms with van der Waals surface area (Å²) in [5, 5.41) is 0. The summed E-state index contributed by atoms with van der Waals surface area (Å²) in [6.07, 6.45) is 4.81. The van der Waals surface area contributed by atoms with Crippen molar-refractivity contribution in [3.8, 4) is 0 Å². The molecule has 4 nitrogen and oxygen atoms in total. The van der Waals surface area contributed by atoms with E-state index >= 15 is 0 Å². The minimum Gasteiger partial charge on any atom is -0.381 e. The first kappa shape index (κ1) is 17.0. The van der Waals surface area contributed by atoms with E-state index in [1.54, 1.807) is 0 Å². The maximum Gasteiger partial charge on any atom is 0.222 e. The quantitative estimate of drug-likeness (QED) is 0.840. The van der Waals surface area contributed by atoms with E-state index in [9.17, 15) is 9.18 Å². The lowest BCUT2D eigenvalue weighted by Gasteiger charge is -2.42. The molecule has 0 saturated carbocycles. The van der Waals surface area contributed by atoms with Crippen LogP contribution in [0.25, 0.3) is 0 Å². The average molecular weight is 346 g/mol. The molecule has 4 rings (SSSR count). The Morgan fingerprint density at radius 2 is 1.80 bits per heavy atom. The molecule has 2 atom stereocenters. The molecule has 3 aliphatic heterocycles. The maximum absolute atomic E-state index is 13.1. The minimum absolute atomic E-state index is 0.186. The first-order chi connectivity index (χ1) is 12.2. The lowest BCUT2D eigenvalue weighted by molar-refractivity contribution is -0.139. The van der Waals surface area contributed by atoms with Crippen LogP contribution in [0.2, 0.25) is 0 Å². The van der Waals surface area contributed by atoms with Crippen LogP contribution in [0.3, 0.4) is 0 Å². The van der Waals surface area contributed by atoms with E-state index < -0.39 is 0 Å². The van der Waals surface area contributed by atoms with Crippen LogP contribution in [-0.2, 0) is 16.1 Å². The second-order valence-electron chi connectivity index (χ2n) is 7.66. The van der Waals surface area contributed by atoms with E-state index in [0.29, 0.717) is 30.3 Å². The normalized spacial score (nSPS) is 28.4. The molecule has 0 aliphatic carbocycles. The van der Waals surface area contributed by atoms with Crippen LogP contribution < -0.4 is 0 Å². The largest absolute Gasteiger partial charge is 0.381 e. The maximum atomic E-state index is 13.1. The Morgan fingerprint density at radius 1 is 1.04 bits per heavy atom. The van der Waals surface area contributed by atoms with Crippen LogP contribution in [0.15, 0.2) is 24.3 Å². The Kier molecular flexibility index (Phi) is 5.04. The van der Waals surface area contributed by atoms with Crippen molar-refractivity contribution in [2.75, 3.05) is 26.3 Å². The van der Waals surface area contributed by atoms with Crippen molar-refractivity contribution < 1.29 is 13.9 Å². The molecular weight excluding hydrogens is 319 g/mol. The second-order valence-corrected chi connectivity index (χ2v) is 7.66. The van der Waals surface area contributed by atoms with Crippen LogP contribution in [0.1, 0.15) is 37.7 Å². The van der Waals surface area contributed by atoms with Gasteiger partial charge in [-0.15, -0.1) is 0 Å². The summed E-state index contributed by atoms with van der Waals surface area (Å²) < 4.78 is 18.6. The van der Waals surface area contributed by atoms with Crippen molar-refractivity contribution in [1.82, 2.24) is 9.80 Å². The van der Waals surface area contributed by atoms with Gasteiger partial charge in [0.25, 0.3) is 0 Å². The number of nitrogens with zero attached hydrogens (tertiary/aromatic N) is 2. The molecule has 0 unspecified atom stereocenters. The van der Waals surface area contributed by atoms with Crippen LogP contribution in [0, 0.1) is 11.7 Å². The molecule has 25 heavy (non-hydrogen) atoms. The fraction of sp³-hybridized carbons (Fsp3) is 0.650. The number of carbonyl (C=O) groups excluding carboxylic acids is 1. The van der Waals surface area contributed by atoms with Gasteiger partial charge in [0.05, 0.1) is 0 Å². The number of fused-ring (bicyclic) bond motifs is 1. The van der Waals surface area contributed by atoms with Crippen molar-refractivity contribution in [3.05, 3.63) is 35.6 Å². The number of ether oxygens (including phenoxy) is 1. The molecule has 0 radical (unpaired) electrons. The predicted octanol–water partition coefficient (Wildman–Crippen LogP) is 2.82. The summed E-state index contributed by atoms with van der Waals surface area (Å²) in [6.45, 7) is 4.42. The van der Waals surface area contributed by atoms with E-state index in [1.807, 2.05) is 12.1 Å². The van der Waals surface area contributed by atoms with Crippen molar-refractivity contribution in [1.29, 1.82) is 0 Å². The Labute approximate surface area is 148 Å². The number of likely N-dealkylation sites (tertiary alicyclic amines) is 2. The molecule has 0 N–H and O–H groups in total. The molecule has 136 valence electrons. The summed E-state index contributed by atoms with van der Waals surface area (Å²) in [5.74, 6) is 0.730. The number of hydrogen-bond acceptors (Lipinski definition) is 3. The molecule has 5 heteroatoms. The summed E-state index contributed by atoms with van der Waals surface area (Å²) in [5.41, 5.74) is 1.15. The van der Waals surface area contributed by atoms with Gasteiger partial charge in [-0.25, -0.2) is 4.39 Å². The minimum atomic E-state index is -0.186. The monoisotopic (exact) mass is 346 g/mol. The fourth-order valence-corrected chi connectivity index (χ4v) is 4.70. The van der Waals surface area contributed by atoms with E-state index in [2.05, 4.69) is 9.80 Å². The number of benzene rings is 1. The molecule has 3 aliphatic rings. The predicted molar refractivity (Wildman–Crippen MR) is 93.5 cm³/mol. The van der Waals surface area contributed by atoms with E-state index in [-0.39, 0.29) is 5.82 Å². The van der Waals surface area contributed by atoms with Crippen LogP contribution in [0.4, 0.5) is 4.39 Å². The van der Waals surface area contributed by atoms with Gasteiger partial charge in [0.15, 0.2) is 0 Å². The molecular formula is C20H27FN2O2. The number of hydrogen-bond donors (Lipinski definition) is 0. The molecule has 0 bridgehead atoms. The summed E-state index contributed by atoms with van der Waals surface area (Å²) in [6, 6.07) is 7.61. The van der Waals surface area contributed by atoms with Gasteiger partial charge in [0, 0.05) is 51.4 Å². The number of amides is 1. The van der Waals surface area contributed by atoms with Gasteiger partial charge in [0.2, 0.25) is 5.91 Å². The zero-order valence-electron chi connectivity index (χ0n) is 14.7. The number of halogens is 1. The highest BCUT2D eigenvalue weighted by molar-refractivity contribution is 5.77. The topological polar surface area (TPSA) is 32.8 Å². The van der Waals surface area contributed by atoms with Crippen LogP contribution >= 0.6 is 0 Å². The van der Waals surface area contributed by atoms with Crippen molar-refractivity contribution in [3.63, 3.8) is 0 Å². The molecule has 0 spiro atoms. The zero-order chi connectivity index (χ0) is 17.2. The van der Waals surface area contributed by atoms with Crippen LogP contribution in [-0.4, -0.2) is 54.1 Å². The second kappa shape index (κ2) is 7.42. The third kappa shape index (κ3) is 3.72. The number of rotatable bonds is 4. The summed E-state index contributed by atoms with van der Waals surface area (Å²) in [7, 11) is 0. The average Bonchev–Trinajstić information content (AvgIpc) is 3.03. The van der Waals surface area contributed by atoms with Gasteiger partial charge < -0.3 is 9.64 Å². The van der Waals surface area contributed by atoms with Gasteiger partial charge in [-0.1, -0.05) is 12.1 Å². The fourth-order valence-electron chi connectivity index (χ4n) is 4.70. The third-order valence-corrected chi connectivity index (χ3v) is 6.09. The Hall–Kier alpha value is -1.46. The van der Waals surface area contributed by atoms with E-state index in [1.165, 1.54) is 12.1 Å². The van der Waals surface area contributed by atoms with Crippen LogP contribution in [0.5, 0.6) is 0 Å². The lowest BCUT2D eigenvalue weighted by Crippen LogP contribution is -2.53. The molecule has 3 saturated heterocycles. The van der Waals surface area contributed by atoms with E-state index in [4.69, 9.17) is 4.74 Å². The third-order valence-electron chi connectivity index (χ3n) is 6.09. The molecule has 0 aromatic heterocycles. The van der Waals surface area contributed by atoms with Gasteiger partial charge in [0.1, 0.15) is 5.82 Å². The van der Waals surface area contributed by atoms with Crippen molar-refractivity contribution in [2.45, 2.75) is 50.7 Å². The van der Waals surface area contributed by atoms with Gasteiger partial charge in [-0.3, -0.25) is 9.69 Å². The lowest BCUT2D eigenvalue weighted by atomic mass is 9.92. The van der Waals surface area contributed by atoms with Gasteiger partial charge in [-0.2, -0.15) is 0 Å². The van der Waals surface area contributed by atoms with Crippen molar-refractivity contribution >= 4 is 5.91 Å². The summed E-state index contributed by atoms with van der Waals surface area (Å²) >= 11 is 0. The Balaban J connectivity index is 1.42. The highest BCUT2D eigenvalue weighted by atomic mass is 19.1. The van der Waals surface area contributed by atoms with Gasteiger partial charge >= 0.3 is 0 Å². The van der Waals surface area contributed by atoms with Crippen molar-refractivity contribution in [2.24, 2.45) is 5.92 Å². The number of carbonyl (C=O) groups is 1. The zero-order valence-corrected chi connectivity index (χ0v) is 14.7. The molecule has 1 aromatic rings. The molecule has 1 amide bonds. The number of piperidine rings is 1. The molecule has 1 aromatic carbocycles. The SMILES string of the molecule is O=C1CC[C@H]2[C@H](CCN2Cc2ccc(F)cc2)N1CC1CCOCC1. The highest BCUT2D eigenvalue weighted by Crippen LogP contribution is 2.33. The summed E-state index contributed by atoms with van der Waals surface area (Å²) in [4.78, 5) is 17.2. The smallest absolute Gasteiger partial charge is 0.222 e. The highest BCUT2D eigenvalue weighted by Gasteiger charge is 2.43. The standard InChI is InChI=1S/C20H27FN2O2/c21-17-3-1-15(2-4-17)13-22-10-7-19-18(22)5-6-20(24)23(19)14-16-8-11-25-12-9-16/h1-4,16,18-19H,5-14H2/t18-,19-/m0/s1. The first-order valence-corrected chi connectivity index (χ1v) is 9.56. The van der Waals surface area contributed by atoms with E-state index in [0.717, 1.165) is 64.1 Å². The molecule has 3 heterocycles. The Morgan fingerprint density at radius 3 is 2.56 bits per heavy atom.